The molecule has 1 heterocycles. The normalized spacial score (nSPS) is 20.2. The molecular formula is C21H31NO3. The van der Waals surface area contributed by atoms with Gasteiger partial charge in [0.15, 0.2) is 0 Å². The fourth-order valence-electron chi connectivity index (χ4n) is 2.88. The molecule has 1 aliphatic heterocycles. The second kappa shape index (κ2) is 11.1. The Bertz CT molecular complexity index is 529. The minimum atomic E-state index is -0.102. The predicted molar refractivity (Wildman–Crippen MR) is 100 cm³/mol. The topological polar surface area (TPSA) is 38.8 Å². The molecule has 0 spiro atoms. The maximum absolute atomic E-state index is 12.5. The van der Waals surface area contributed by atoms with E-state index in [1.807, 2.05) is 41.3 Å². The van der Waals surface area contributed by atoms with Crippen molar-refractivity contribution in [3.8, 4) is 0 Å². The lowest BCUT2D eigenvalue weighted by Gasteiger charge is -2.38. The molecule has 1 amide bonds. The second-order valence-electron chi connectivity index (χ2n) is 6.50. The van der Waals surface area contributed by atoms with E-state index in [1.54, 1.807) is 6.08 Å². The van der Waals surface area contributed by atoms with Gasteiger partial charge in [-0.25, -0.2) is 0 Å². The molecule has 0 N–H and O–H groups in total. The van der Waals surface area contributed by atoms with Gasteiger partial charge in [0.2, 0.25) is 5.91 Å². The van der Waals surface area contributed by atoms with Crippen LogP contribution in [0.2, 0.25) is 0 Å². The van der Waals surface area contributed by atoms with Crippen LogP contribution in [0.25, 0.3) is 0 Å². The molecule has 0 saturated carbocycles. The van der Waals surface area contributed by atoms with Crippen molar-refractivity contribution in [2.24, 2.45) is 0 Å². The van der Waals surface area contributed by atoms with Crippen molar-refractivity contribution in [2.45, 2.75) is 58.2 Å². The largest absolute Gasteiger partial charge is 0.379 e. The van der Waals surface area contributed by atoms with Crippen molar-refractivity contribution in [2.75, 3.05) is 19.8 Å². The lowest BCUT2D eigenvalue weighted by molar-refractivity contribution is -0.136. The summed E-state index contributed by atoms with van der Waals surface area (Å²) < 4.78 is 11.9. The highest BCUT2D eigenvalue weighted by Gasteiger charge is 2.33. The van der Waals surface area contributed by atoms with Gasteiger partial charge in [-0.1, -0.05) is 57.0 Å². The van der Waals surface area contributed by atoms with Gasteiger partial charge >= 0.3 is 0 Å². The van der Waals surface area contributed by atoms with Gasteiger partial charge in [-0.05, 0) is 24.5 Å². The highest BCUT2D eigenvalue weighted by atomic mass is 16.5. The van der Waals surface area contributed by atoms with Crippen LogP contribution in [0, 0.1) is 0 Å². The van der Waals surface area contributed by atoms with E-state index in [0.29, 0.717) is 19.8 Å². The fraction of sp³-hybridized carbons (Fsp3) is 0.571. The van der Waals surface area contributed by atoms with E-state index in [1.165, 1.54) is 0 Å². The summed E-state index contributed by atoms with van der Waals surface area (Å²) in [6.07, 6.45) is 7.70. The van der Waals surface area contributed by atoms with Gasteiger partial charge in [0.25, 0.3) is 0 Å². The summed E-state index contributed by atoms with van der Waals surface area (Å²) in [6, 6.07) is 10.0. The van der Waals surface area contributed by atoms with Gasteiger partial charge in [-0.3, -0.25) is 4.79 Å². The van der Waals surface area contributed by atoms with Crippen LogP contribution in [0.4, 0.5) is 0 Å². The Morgan fingerprint density at radius 3 is 2.48 bits per heavy atom. The third kappa shape index (κ3) is 6.29. The molecule has 0 saturated heterocycles. The first-order chi connectivity index (χ1) is 12.3. The minimum absolute atomic E-state index is 0.0308. The summed E-state index contributed by atoms with van der Waals surface area (Å²) in [5, 5.41) is 0. The van der Waals surface area contributed by atoms with Crippen LogP contribution >= 0.6 is 0 Å². The minimum Gasteiger partial charge on any atom is -0.379 e. The Morgan fingerprint density at radius 1 is 1.04 bits per heavy atom. The number of amides is 1. The molecule has 1 aromatic carbocycles. The van der Waals surface area contributed by atoms with Crippen molar-refractivity contribution in [3.05, 3.63) is 48.0 Å². The molecule has 1 aromatic rings. The third-order valence-corrected chi connectivity index (χ3v) is 4.43. The predicted octanol–water partition coefficient (Wildman–Crippen LogP) is 3.96. The summed E-state index contributed by atoms with van der Waals surface area (Å²) in [6.45, 7) is 6.83. The second-order valence-corrected chi connectivity index (χ2v) is 6.50. The van der Waals surface area contributed by atoms with Gasteiger partial charge in [-0.15, -0.1) is 0 Å². The van der Waals surface area contributed by atoms with Gasteiger partial charge in [0.1, 0.15) is 0 Å². The summed E-state index contributed by atoms with van der Waals surface area (Å²) in [4.78, 5) is 14.4. The van der Waals surface area contributed by atoms with Crippen LogP contribution in [0.1, 0.15) is 45.1 Å². The van der Waals surface area contributed by atoms with Crippen LogP contribution in [0.3, 0.4) is 0 Å². The van der Waals surface area contributed by atoms with Crippen LogP contribution < -0.4 is 0 Å². The Labute approximate surface area is 151 Å². The summed E-state index contributed by atoms with van der Waals surface area (Å²) in [5.41, 5.74) is 1.12. The quantitative estimate of drug-likeness (QED) is 0.570. The van der Waals surface area contributed by atoms with Crippen molar-refractivity contribution in [1.82, 2.24) is 4.90 Å². The van der Waals surface area contributed by atoms with E-state index in [-0.39, 0.29) is 18.1 Å². The Morgan fingerprint density at radius 2 is 1.76 bits per heavy atom. The number of carbonyl (C=O) groups is 1. The Hall–Kier alpha value is -1.65. The van der Waals surface area contributed by atoms with Crippen LogP contribution in [-0.4, -0.2) is 42.8 Å². The number of rotatable bonds is 11. The van der Waals surface area contributed by atoms with Crippen LogP contribution in [0.5, 0.6) is 0 Å². The number of hydrogen-bond acceptors (Lipinski definition) is 3. The average Bonchev–Trinajstić information content (AvgIpc) is 2.64. The first-order valence-corrected chi connectivity index (χ1v) is 9.48. The Kier molecular flexibility index (Phi) is 8.70. The molecule has 0 bridgehead atoms. The molecule has 4 heteroatoms. The fourth-order valence-corrected chi connectivity index (χ4v) is 2.88. The van der Waals surface area contributed by atoms with E-state index in [9.17, 15) is 4.79 Å². The smallest absolute Gasteiger partial charge is 0.247 e. The Balaban J connectivity index is 2.07. The van der Waals surface area contributed by atoms with Gasteiger partial charge in [0.05, 0.1) is 18.8 Å². The zero-order chi connectivity index (χ0) is 17.9. The highest BCUT2D eigenvalue weighted by molar-refractivity contribution is 5.89. The van der Waals surface area contributed by atoms with Crippen molar-refractivity contribution in [3.63, 3.8) is 0 Å². The van der Waals surface area contributed by atoms with Gasteiger partial charge in [0, 0.05) is 25.8 Å². The first-order valence-electron chi connectivity index (χ1n) is 9.48. The van der Waals surface area contributed by atoms with Crippen molar-refractivity contribution in [1.29, 1.82) is 0 Å². The number of unbranched alkanes of at least 4 members (excludes halogenated alkanes) is 2. The number of benzene rings is 1. The highest BCUT2D eigenvalue weighted by Crippen LogP contribution is 2.20. The molecule has 0 aliphatic carbocycles. The maximum atomic E-state index is 12.5. The number of ether oxygens (including phenoxy) is 2. The van der Waals surface area contributed by atoms with E-state index in [2.05, 4.69) is 13.8 Å². The molecule has 0 fully saturated rings. The summed E-state index contributed by atoms with van der Waals surface area (Å²) in [5.74, 6) is 0.0308. The molecule has 0 radical (unpaired) electrons. The summed E-state index contributed by atoms with van der Waals surface area (Å²) >= 11 is 0. The zero-order valence-corrected chi connectivity index (χ0v) is 15.5. The van der Waals surface area contributed by atoms with E-state index >= 15 is 0 Å². The molecular weight excluding hydrogens is 314 g/mol. The molecule has 2 unspecified atom stereocenters. The zero-order valence-electron chi connectivity index (χ0n) is 15.5. The van der Waals surface area contributed by atoms with Crippen molar-refractivity contribution >= 4 is 5.91 Å². The maximum Gasteiger partial charge on any atom is 0.247 e. The monoisotopic (exact) mass is 345 g/mol. The van der Waals surface area contributed by atoms with Crippen LogP contribution in [-0.2, 0) is 20.8 Å². The lowest BCUT2D eigenvalue weighted by Crippen LogP contribution is -2.51. The molecule has 2 atom stereocenters. The van der Waals surface area contributed by atoms with E-state index < -0.39 is 0 Å². The average molecular weight is 345 g/mol. The molecule has 1 aliphatic rings. The van der Waals surface area contributed by atoms with E-state index in [4.69, 9.17) is 9.47 Å². The molecule has 4 nitrogen and oxygen atoms in total. The third-order valence-electron chi connectivity index (χ3n) is 4.43. The van der Waals surface area contributed by atoms with Crippen molar-refractivity contribution < 1.29 is 14.3 Å². The number of nitrogens with zero attached hydrogens (tertiary/aromatic N) is 1. The molecule has 0 aromatic heterocycles. The summed E-state index contributed by atoms with van der Waals surface area (Å²) in [7, 11) is 0. The molecule has 138 valence electrons. The van der Waals surface area contributed by atoms with Gasteiger partial charge in [-0.2, -0.15) is 0 Å². The lowest BCUT2D eigenvalue weighted by atomic mass is 10.0. The first kappa shape index (κ1) is 19.7. The standard InChI is InChI=1S/C21H31NO3/c1-3-5-14-24-17-19-20(25-15-6-4-2)12-13-21(23)22(19)16-18-10-8-7-9-11-18/h7-13,19-20H,3-6,14-17H2,1-2H3. The SMILES string of the molecule is CCCCOCC1C(OCCCC)C=CC(=O)N1Cc1ccccc1. The number of hydrogen-bond donors (Lipinski definition) is 0. The van der Waals surface area contributed by atoms with Gasteiger partial charge < -0.3 is 14.4 Å². The molecule has 2 rings (SSSR count). The number of carbonyl (C=O) groups excluding carboxylic acids is 1. The van der Waals surface area contributed by atoms with E-state index in [0.717, 1.165) is 37.9 Å². The molecule has 25 heavy (non-hydrogen) atoms. The van der Waals surface area contributed by atoms with Crippen LogP contribution in [0.15, 0.2) is 42.5 Å².